The van der Waals surface area contributed by atoms with Gasteiger partial charge in [0.05, 0.1) is 22.6 Å². The molecule has 0 unspecified atom stereocenters. The Morgan fingerprint density at radius 3 is 2.66 bits per heavy atom. The molecule has 29 heavy (non-hydrogen) atoms. The Bertz CT molecular complexity index is 1030. The van der Waals surface area contributed by atoms with Crippen LogP contribution in [-0.4, -0.2) is 32.2 Å². The van der Waals surface area contributed by atoms with Gasteiger partial charge >= 0.3 is 0 Å². The number of nitro groups is 1. The maximum Gasteiger partial charge on any atom is 0.270 e. The number of nitrogens with zero attached hydrogens (tertiary/aromatic N) is 3. The van der Waals surface area contributed by atoms with E-state index in [0.717, 1.165) is 5.69 Å². The number of imidazole rings is 1. The molecule has 0 saturated heterocycles. The topological polar surface area (TPSA) is 90.1 Å². The summed E-state index contributed by atoms with van der Waals surface area (Å²) in [4.78, 5) is 27.2. The van der Waals surface area contributed by atoms with E-state index in [-0.39, 0.29) is 23.4 Å². The first-order chi connectivity index (χ1) is 13.8. The minimum atomic E-state index is -0.432. The average Bonchev–Trinajstić information content (AvgIpc) is 3.10. The summed E-state index contributed by atoms with van der Waals surface area (Å²) in [6.45, 7) is 3.80. The number of thioether (sulfide) groups is 1. The van der Waals surface area contributed by atoms with Crippen LogP contribution in [0.1, 0.15) is 13.8 Å². The van der Waals surface area contributed by atoms with E-state index in [1.165, 1.54) is 23.9 Å². The summed E-state index contributed by atoms with van der Waals surface area (Å²) in [7, 11) is 0. The monoisotopic (exact) mass is 430 g/mol. The van der Waals surface area contributed by atoms with Gasteiger partial charge in [0.25, 0.3) is 5.69 Å². The highest BCUT2D eigenvalue weighted by molar-refractivity contribution is 7.99. The molecule has 3 rings (SSSR count). The molecule has 0 aliphatic rings. The van der Waals surface area contributed by atoms with E-state index in [4.69, 9.17) is 11.6 Å². The number of carbonyl (C=O) groups is 1. The van der Waals surface area contributed by atoms with Gasteiger partial charge in [-0.05, 0) is 38.1 Å². The van der Waals surface area contributed by atoms with Gasteiger partial charge < -0.3 is 5.32 Å². The summed E-state index contributed by atoms with van der Waals surface area (Å²) >= 11 is 7.31. The highest BCUT2D eigenvalue weighted by atomic mass is 35.5. The molecule has 2 aromatic carbocycles. The lowest BCUT2D eigenvalue weighted by Gasteiger charge is -2.13. The van der Waals surface area contributed by atoms with Gasteiger partial charge in [0.2, 0.25) is 5.91 Å². The molecular formula is C20H19ClN4O3S. The summed E-state index contributed by atoms with van der Waals surface area (Å²) < 4.78 is 1.86. The molecule has 1 heterocycles. The zero-order valence-corrected chi connectivity index (χ0v) is 17.4. The molecular weight excluding hydrogens is 412 g/mol. The normalized spacial score (nSPS) is 10.9. The van der Waals surface area contributed by atoms with Crippen molar-refractivity contribution >= 4 is 35.0 Å². The van der Waals surface area contributed by atoms with Crippen molar-refractivity contribution in [1.29, 1.82) is 0 Å². The maximum atomic E-state index is 12.1. The largest absolute Gasteiger partial charge is 0.353 e. The van der Waals surface area contributed by atoms with Crippen LogP contribution in [0.15, 0.2) is 59.9 Å². The molecule has 1 aromatic heterocycles. The van der Waals surface area contributed by atoms with Crippen molar-refractivity contribution in [3.63, 3.8) is 0 Å². The van der Waals surface area contributed by atoms with E-state index in [1.807, 2.05) is 30.5 Å². The van der Waals surface area contributed by atoms with E-state index in [2.05, 4.69) is 10.3 Å². The molecule has 0 aliphatic carbocycles. The van der Waals surface area contributed by atoms with Gasteiger partial charge in [0, 0.05) is 34.4 Å². The van der Waals surface area contributed by atoms with Gasteiger partial charge in [-0.3, -0.25) is 19.5 Å². The van der Waals surface area contributed by atoms with Crippen LogP contribution in [0, 0.1) is 10.1 Å². The number of hydrogen-bond acceptors (Lipinski definition) is 5. The number of nitro benzene ring substituents is 1. The number of non-ortho nitro benzene ring substituents is 1. The second-order valence-corrected chi connectivity index (χ2v) is 7.94. The molecule has 0 spiro atoms. The molecule has 0 saturated carbocycles. The number of halogens is 1. The highest BCUT2D eigenvalue weighted by Gasteiger charge is 2.17. The number of benzene rings is 2. The van der Waals surface area contributed by atoms with Crippen molar-refractivity contribution in [2.75, 3.05) is 5.75 Å². The summed E-state index contributed by atoms with van der Waals surface area (Å²) in [5, 5.41) is 15.2. The van der Waals surface area contributed by atoms with Crippen LogP contribution >= 0.6 is 23.4 Å². The zero-order valence-electron chi connectivity index (χ0n) is 15.8. The average molecular weight is 431 g/mol. The van der Waals surface area contributed by atoms with E-state index in [9.17, 15) is 14.9 Å². The van der Waals surface area contributed by atoms with Gasteiger partial charge in [-0.25, -0.2) is 4.98 Å². The Morgan fingerprint density at radius 1 is 1.28 bits per heavy atom. The van der Waals surface area contributed by atoms with Crippen LogP contribution < -0.4 is 5.32 Å². The summed E-state index contributed by atoms with van der Waals surface area (Å²) in [5.74, 6) is 0.115. The Kier molecular flexibility index (Phi) is 6.56. The first kappa shape index (κ1) is 20.9. The van der Waals surface area contributed by atoms with Gasteiger partial charge in [0.15, 0.2) is 5.16 Å². The molecule has 150 valence electrons. The van der Waals surface area contributed by atoms with E-state index in [1.54, 1.807) is 30.5 Å². The van der Waals surface area contributed by atoms with Crippen LogP contribution in [0.2, 0.25) is 5.02 Å². The molecule has 1 amide bonds. The van der Waals surface area contributed by atoms with Crippen LogP contribution in [0.4, 0.5) is 5.69 Å². The van der Waals surface area contributed by atoms with Gasteiger partial charge in [-0.1, -0.05) is 35.5 Å². The van der Waals surface area contributed by atoms with Crippen molar-refractivity contribution in [3.05, 3.63) is 69.9 Å². The van der Waals surface area contributed by atoms with Crippen molar-refractivity contribution in [2.24, 2.45) is 0 Å². The zero-order chi connectivity index (χ0) is 21.0. The third-order valence-corrected chi connectivity index (χ3v) is 5.15. The van der Waals surface area contributed by atoms with E-state index in [0.29, 0.717) is 21.4 Å². The second kappa shape index (κ2) is 9.11. The molecule has 0 aliphatic heterocycles. The van der Waals surface area contributed by atoms with Crippen LogP contribution in [0.25, 0.3) is 16.9 Å². The van der Waals surface area contributed by atoms with E-state index >= 15 is 0 Å². The fourth-order valence-corrected chi connectivity index (χ4v) is 3.68. The smallest absolute Gasteiger partial charge is 0.270 e. The fourth-order valence-electron chi connectivity index (χ4n) is 2.75. The standard InChI is InChI=1S/C20H19ClN4O3S/c1-13(2)23-19(26)12-29-20-22-11-18(14-4-3-5-17(10-14)25(27)28)24(20)16-8-6-15(21)7-9-16/h3-11,13H,12H2,1-2H3,(H,23,26). The number of nitrogens with one attached hydrogen (secondary N) is 1. The lowest BCUT2D eigenvalue weighted by Crippen LogP contribution is -2.31. The first-order valence-electron chi connectivity index (χ1n) is 8.86. The number of amides is 1. The SMILES string of the molecule is CC(C)NC(=O)CSc1ncc(-c2cccc([N+](=O)[O-])c2)n1-c1ccc(Cl)cc1. The summed E-state index contributed by atoms with van der Waals surface area (Å²) in [5.41, 5.74) is 2.12. The van der Waals surface area contributed by atoms with Crippen LogP contribution in [0.3, 0.4) is 0 Å². The Labute approximate surface area is 177 Å². The second-order valence-electron chi connectivity index (χ2n) is 6.56. The molecule has 0 bridgehead atoms. The third kappa shape index (κ3) is 5.16. The molecule has 3 aromatic rings. The van der Waals surface area contributed by atoms with Crippen LogP contribution in [0.5, 0.6) is 0 Å². The van der Waals surface area contributed by atoms with Crippen molar-refractivity contribution in [2.45, 2.75) is 25.0 Å². The number of rotatable bonds is 7. The molecule has 1 N–H and O–H groups in total. The van der Waals surface area contributed by atoms with E-state index < -0.39 is 4.92 Å². The maximum absolute atomic E-state index is 12.1. The Hall–Kier alpha value is -2.84. The van der Waals surface area contributed by atoms with Gasteiger partial charge in [-0.15, -0.1) is 0 Å². The van der Waals surface area contributed by atoms with Crippen molar-refractivity contribution in [1.82, 2.24) is 14.9 Å². The number of carbonyl (C=O) groups excluding carboxylic acids is 1. The van der Waals surface area contributed by atoms with Crippen molar-refractivity contribution < 1.29 is 9.72 Å². The predicted octanol–water partition coefficient (Wildman–Crippen LogP) is 4.72. The highest BCUT2D eigenvalue weighted by Crippen LogP contribution is 2.31. The molecule has 0 radical (unpaired) electrons. The number of aromatic nitrogens is 2. The lowest BCUT2D eigenvalue weighted by atomic mass is 10.1. The lowest BCUT2D eigenvalue weighted by molar-refractivity contribution is -0.384. The molecule has 0 fully saturated rings. The van der Waals surface area contributed by atoms with Gasteiger partial charge in [-0.2, -0.15) is 0 Å². The molecule has 0 atom stereocenters. The summed E-state index contributed by atoms with van der Waals surface area (Å²) in [6.07, 6.45) is 1.65. The van der Waals surface area contributed by atoms with Crippen LogP contribution in [-0.2, 0) is 4.79 Å². The molecule has 9 heteroatoms. The fraction of sp³-hybridized carbons (Fsp3) is 0.200. The number of hydrogen-bond donors (Lipinski definition) is 1. The van der Waals surface area contributed by atoms with Crippen molar-refractivity contribution in [3.8, 4) is 16.9 Å². The summed E-state index contributed by atoms with van der Waals surface area (Å²) in [6, 6.07) is 13.6. The Balaban J connectivity index is 2.02. The quantitative estimate of drug-likeness (QED) is 0.333. The Morgan fingerprint density at radius 2 is 2.00 bits per heavy atom. The third-order valence-electron chi connectivity index (χ3n) is 3.95. The molecule has 7 nitrogen and oxygen atoms in total. The minimum Gasteiger partial charge on any atom is -0.353 e. The van der Waals surface area contributed by atoms with Gasteiger partial charge in [0.1, 0.15) is 0 Å². The predicted molar refractivity (Wildman–Crippen MR) is 115 cm³/mol. The minimum absolute atomic E-state index is 0.00290. The first-order valence-corrected chi connectivity index (χ1v) is 10.2.